The number of halogens is 1. The number of nitrogens with one attached hydrogen (secondary N) is 1. The molecule has 0 saturated heterocycles. The highest BCUT2D eigenvalue weighted by atomic mass is 32.2. The summed E-state index contributed by atoms with van der Waals surface area (Å²) in [5.74, 6) is -0.307. The maximum atomic E-state index is 13.6. The smallest absolute Gasteiger partial charge is 0.211 e. The Labute approximate surface area is 114 Å². The fourth-order valence-corrected chi connectivity index (χ4v) is 3.79. The van der Waals surface area contributed by atoms with Gasteiger partial charge in [0.25, 0.3) is 0 Å². The van der Waals surface area contributed by atoms with Crippen LogP contribution >= 0.6 is 0 Å². The van der Waals surface area contributed by atoms with Gasteiger partial charge < -0.3 is 0 Å². The lowest BCUT2D eigenvalue weighted by Gasteiger charge is -2.21. The van der Waals surface area contributed by atoms with Gasteiger partial charge in [0.2, 0.25) is 10.0 Å². The Morgan fingerprint density at radius 3 is 2.63 bits per heavy atom. The third kappa shape index (κ3) is 3.76. The van der Waals surface area contributed by atoms with E-state index in [0.29, 0.717) is 12.5 Å². The van der Waals surface area contributed by atoms with Crippen molar-refractivity contribution in [3.63, 3.8) is 0 Å². The zero-order valence-corrected chi connectivity index (χ0v) is 12.0. The monoisotopic (exact) mass is 285 g/mol. The quantitative estimate of drug-likeness (QED) is 0.924. The summed E-state index contributed by atoms with van der Waals surface area (Å²) in [5, 5.41) is 0. The SMILES string of the molecule is Cc1ccc(F)c(S(=O)(=O)NCC2CCCCC2)c1. The van der Waals surface area contributed by atoms with Crippen LogP contribution in [0.4, 0.5) is 4.39 Å². The second kappa shape index (κ2) is 6.01. The molecule has 3 nitrogen and oxygen atoms in total. The van der Waals surface area contributed by atoms with Gasteiger partial charge in [-0.25, -0.2) is 17.5 Å². The minimum atomic E-state index is -3.74. The molecule has 2 rings (SSSR count). The molecule has 0 atom stereocenters. The van der Waals surface area contributed by atoms with E-state index in [0.717, 1.165) is 31.2 Å². The van der Waals surface area contributed by atoms with Crippen LogP contribution in [0.15, 0.2) is 23.1 Å². The molecule has 1 N–H and O–H groups in total. The average Bonchev–Trinajstić information content (AvgIpc) is 2.40. The van der Waals surface area contributed by atoms with Gasteiger partial charge in [0.15, 0.2) is 0 Å². The second-order valence-corrected chi connectivity index (χ2v) is 7.03. The first-order chi connectivity index (χ1) is 8.99. The van der Waals surface area contributed by atoms with E-state index in [1.807, 2.05) is 0 Å². The van der Waals surface area contributed by atoms with Gasteiger partial charge in [-0.15, -0.1) is 0 Å². The second-order valence-electron chi connectivity index (χ2n) is 5.29. The van der Waals surface area contributed by atoms with Crippen molar-refractivity contribution in [2.75, 3.05) is 6.54 Å². The van der Waals surface area contributed by atoms with Crippen LogP contribution in [0.25, 0.3) is 0 Å². The molecule has 0 radical (unpaired) electrons. The van der Waals surface area contributed by atoms with E-state index in [4.69, 9.17) is 0 Å². The van der Waals surface area contributed by atoms with Crippen LogP contribution < -0.4 is 4.72 Å². The molecule has 0 aromatic heterocycles. The van der Waals surface area contributed by atoms with Gasteiger partial charge in [0.1, 0.15) is 10.7 Å². The van der Waals surface area contributed by atoms with Crippen molar-refractivity contribution in [3.05, 3.63) is 29.6 Å². The van der Waals surface area contributed by atoms with Crippen LogP contribution in [0, 0.1) is 18.7 Å². The topological polar surface area (TPSA) is 46.2 Å². The predicted octanol–water partition coefficient (Wildman–Crippen LogP) is 2.99. The maximum Gasteiger partial charge on any atom is 0.243 e. The lowest BCUT2D eigenvalue weighted by molar-refractivity contribution is 0.357. The largest absolute Gasteiger partial charge is 0.243 e. The molecule has 1 aliphatic carbocycles. The molecule has 1 aliphatic rings. The predicted molar refractivity (Wildman–Crippen MR) is 72.9 cm³/mol. The molecule has 0 unspecified atom stereocenters. The Balaban J connectivity index is 2.07. The van der Waals surface area contributed by atoms with E-state index < -0.39 is 15.8 Å². The van der Waals surface area contributed by atoms with Crippen LogP contribution in [-0.4, -0.2) is 15.0 Å². The van der Waals surface area contributed by atoms with Crippen molar-refractivity contribution in [2.45, 2.75) is 43.9 Å². The normalized spacial score (nSPS) is 17.6. The average molecular weight is 285 g/mol. The Morgan fingerprint density at radius 2 is 1.95 bits per heavy atom. The minimum Gasteiger partial charge on any atom is -0.211 e. The van der Waals surface area contributed by atoms with Crippen molar-refractivity contribution >= 4 is 10.0 Å². The molecule has 1 saturated carbocycles. The molecule has 1 aromatic carbocycles. The number of benzene rings is 1. The summed E-state index contributed by atoms with van der Waals surface area (Å²) < 4.78 is 40.4. The molecule has 0 heterocycles. The molecular weight excluding hydrogens is 265 g/mol. The fourth-order valence-electron chi connectivity index (χ4n) is 2.51. The van der Waals surface area contributed by atoms with Crippen LogP contribution in [0.3, 0.4) is 0 Å². The molecule has 1 aromatic rings. The van der Waals surface area contributed by atoms with E-state index in [1.165, 1.54) is 18.6 Å². The van der Waals surface area contributed by atoms with Crippen LogP contribution in [0.2, 0.25) is 0 Å². The summed E-state index contributed by atoms with van der Waals surface area (Å²) >= 11 is 0. The van der Waals surface area contributed by atoms with Crippen LogP contribution in [0.5, 0.6) is 0 Å². The van der Waals surface area contributed by atoms with Crippen LogP contribution in [-0.2, 0) is 10.0 Å². The molecule has 0 amide bonds. The van der Waals surface area contributed by atoms with Crippen LogP contribution in [0.1, 0.15) is 37.7 Å². The first-order valence-electron chi connectivity index (χ1n) is 6.75. The zero-order chi connectivity index (χ0) is 13.9. The molecule has 5 heteroatoms. The Morgan fingerprint density at radius 1 is 1.26 bits per heavy atom. The van der Waals surface area contributed by atoms with Gasteiger partial charge in [-0.3, -0.25) is 0 Å². The molecule has 0 bridgehead atoms. The lowest BCUT2D eigenvalue weighted by atomic mass is 9.90. The summed E-state index contributed by atoms with van der Waals surface area (Å²) in [6.07, 6.45) is 5.66. The molecule has 0 spiro atoms. The summed E-state index contributed by atoms with van der Waals surface area (Å²) in [6.45, 7) is 2.16. The molecule has 106 valence electrons. The highest BCUT2D eigenvalue weighted by Crippen LogP contribution is 2.23. The Kier molecular flexibility index (Phi) is 4.58. The summed E-state index contributed by atoms with van der Waals surface area (Å²) in [6, 6.07) is 4.14. The summed E-state index contributed by atoms with van der Waals surface area (Å²) in [4.78, 5) is -0.247. The third-order valence-electron chi connectivity index (χ3n) is 3.66. The number of hydrogen-bond acceptors (Lipinski definition) is 2. The van der Waals surface area contributed by atoms with E-state index in [9.17, 15) is 12.8 Å². The van der Waals surface area contributed by atoms with Crippen molar-refractivity contribution in [2.24, 2.45) is 5.92 Å². The van der Waals surface area contributed by atoms with Gasteiger partial charge in [-0.1, -0.05) is 25.3 Å². The molecule has 1 fully saturated rings. The maximum absolute atomic E-state index is 13.6. The van der Waals surface area contributed by atoms with Crippen molar-refractivity contribution in [1.82, 2.24) is 4.72 Å². The Hall–Kier alpha value is -0.940. The molecule has 19 heavy (non-hydrogen) atoms. The van der Waals surface area contributed by atoms with Crippen molar-refractivity contribution in [3.8, 4) is 0 Å². The molecular formula is C14H20FNO2S. The Bertz CT molecular complexity index is 536. The standard InChI is InChI=1S/C14H20FNO2S/c1-11-7-8-13(15)14(9-11)19(17,18)16-10-12-5-3-2-4-6-12/h7-9,12,16H,2-6,10H2,1H3. The van der Waals surface area contributed by atoms with Crippen molar-refractivity contribution in [1.29, 1.82) is 0 Å². The first-order valence-corrected chi connectivity index (χ1v) is 8.23. The van der Waals surface area contributed by atoms with Gasteiger partial charge in [-0.2, -0.15) is 0 Å². The van der Waals surface area contributed by atoms with Gasteiger partial charge in [0, 0.05) is 6.54 Å². The number of sulfonamides is 1. The van der Waals surface area contributed by atoms with E-state index in [2.05, 4.69) is 4.72 Å². The third-order valence-corrected chi connectivity index (χ3v) is 5.10. The van der Waals surface area contributed by atoms with Gasteiger partial charge in [-0.05, 0) is 43.4 Å². The first kappa shape index (κ1) is 14.5. The summed E-state index contributed by atoms with van der Waals surface area (Å²) in [5.41, 5.74) is 0.736. The molecule has 0 aliphatic heterocycles. The van der Waals surface area contributed by atoms with Gasteiger partial charge >= 0.3 is 0 Å². The van der Waals surface area contributed by atoms with Crippen molar-refractivity contribution < 1.29 is 12.8 Å². The lowest BCUT2D eigenvalue weighted by Crippen LogP contribution is -2.31. The number of hydrogen-bond donors (Lipinski definition) is 1. The highest BCUT2D eigenvalue weighted by molar-refractivity contribution is 7.89. The van der Waals surface area contributed by atoms with E-state index in [1.54, 1.807) is 13.0 Å². The number of aryl methyl sites for hydroxylation is 1. The van der Waals surface area contributed by atoms with E-state index in [-0.39, 0.29) is 4.90 Å². The fraction of sp³-hybridized carbons (Fsp3) is 0.571. The minimum absolute atomic E-state index is 0.247. The number of rotatable bonds is 4. The van der Waals surface area contributed by atoms with Gasteiger partial charge in [0.05, 0.1) is 0 Å². The summed E-state index contributed by atoms with van der Waals surface area (Å²) in [7, 11) is -3.74. The highest BCUT2D eigenvalue weighted by Gasteiger charge is 2.21. The van der Waals surface area contributed by atoms with E-state index >= 15 is 0 Å². The zero-order valence-electron chi connectivity index (χ0n) is 11.2.